The zero-order valence-corrected chi connectivity index (χ0v) is 11.6. The Labute approximate surface area is 124 Å². The highest BCUT2D eigenvalue weighted by molar-refractivity contribution is 6.31. The monoisotopic (exact) mass is 300 g/mol. The molecule has 0 radical (unpaired) electrons. The van der Waals surface area contributed by atoms with Crippen LogP contribution in [0.15, 0.2) is 47.3 Å². The highest BCUT2D eigenvalue weighted by atomic mass is 35.5. The number of aromatic nitrogens is 2. The first-order valence-electron chi connectivity index (χ1n) is 6.26. The van der Waals surface area contributed by atoms with Crippen molar-refractivity contribution >= 4 is 34.7 Å². The summed E-state index contributed by atoms with van der Waals surface area (Å²) < 4.78 is 13.4. The average Bonchev–Trinajstić information content (AvgIpc) is 2.48. The quantitative estimate of drug-likeness (QED) is 0.780. The molecule has 1 heterocycles. The maximum Gasteiger partial charge on any atom is 0.259 e. The summed E-state index contributed by atoms with van der Waals surface area (Å²) in [6.45, 7) is 0. The van der Waals surface area contributed by atoms with E-state index in [0.29, 0.717) is 11.3 Å². The third-order valence-corrected chi connectivity index (χ3v) is 3.29. The molecule has 5 heteroatoms. The topological polar surface area (TPSA) is 45.8 Å². The van der Waals surface area contributed by atoms with Gasteiger partial charge in [-0.3, -0.25) is 4.79 Å². The van der Waals surface area contributed by atoms with Crippen LogP contribution in [0, 0.1) is 5.82 Å². The molecule has 3 rings (SSSR count). The van der Waals surface area contributed by atoms with Gasteiger partial charge in [0.15, 0.2) is 0 Å². The van der Waals surface area contributed by atoms with E-state index in [1.165, 1.54) is 6.07 Å². The molecule has 0 bridgehead atoms. The van der Waals surface area contributed by atoms with Crippen LogP contribution in [0.2, 0.25) is 5.02 Å². The van der Waals surface area contributed by atoms with Gasteiger partial charge in [-0.25, -0.2) is 9.37 Å². The van der Waals surface area contributed by atoms with Gasteiger partial charge in [0.05, 0.1) is 15.9 Å². The highest BCUT2D eigenvalue weighted by Crippen LogP contribution is 2.19. The summed E-state index contributed by atoms with van der Waals surface area (Å²) in [6.07, 6.45) is 3.52. The fourth-order valence-electron chi connectivity index (χ4n) is 1.97. The molecule has 0 saturated heterocycles. The Bertz CT molecular complexity index is 888. The summed E-state index contributed by atoms with van der Waals surface area (Å²) in [4.78, 5) is 18.8. The van der Waals surface area contributed by atoms with E-state index in [2.05, 4.69) is 9.97 Å². The van der Waals surface area contributed by atoms with Gasteiger partial charge in [0, 0.05) is 0 Å². The van der Waals surface area contributed by atoms with Crippen LogP contribution in [0.1, 0.15) is 11.4 Å². The number of halogens is 2. The Balaban J connectivity index is 2.07. The largest absolute Gasteiger partial charge is 0.306 e. The van der Waals surface area contributed by atoms with E-state index in [1.54, 1.807) is 6.08 Å². The van der Waals surface area contributed by atoms with Crippen molar-refractivity contribution in [3.63, 3.8) is 0 Å². The van der Waals surface area contributed by atoms with E-state index in [-0.39, 0.29) is 10.4 Å². The lowest BCUT2D eigenvalue weighted by Gasteiger charge is -2.01. The molecule has 1 N–H and O–H groups in total. The fourth-order valence-corrected chi connectivity index (χ4v) is 2.13. The van der Waals surface area contributed by atoms with Gasteiger partial charge in [-0.05, 0) is 23.8 Å². The number of fused-ring (bicyclic) bond motifs is 1. The van der Waals surface area contributed by atoms with Crippen LogP contribution in [-0.2, 0) is 0 Å². The first-order valence-corrected chi connectivity index (χ1v) is 6.63. The van der Waals surface area contributed by atoms with Crippen LogP contribution >= 0.6 is 11.6 Å². The highest BCUT2D eigenvalue weighted by Gasteiger charge is 2.07. The van der Waals surface area contributed by atoms with Gasteiger partial charge < -0.3 is 4.98 Å². The first kappa shape index (κ1) is 13.5. The molecule has 0 unspecified atom stereocenters. The minimum Gasteiger partial charge on any atom is -0.306 e. The summed E-state index contributed by atoms with van der Waals surface area (Å²) in [6, 6.07) is 12.1. The Hall–Kier alpha value is -2.46. The number of hydrogen-bond donors (Lipinski definition) is 1. The molecule has 3 nitrogen and oxygen atoms in total. The zero-order valence-electron chi connectivity index (χ0n) is 10.8. The average molecular weight is 301 g/mol. The van der Waals surface area contributed by atoms with E-state index in [9.17, 15) is 9.18 Å². The summed E-state index contributed by atoms with van der Waals surface area (Å²) >= 11 is 5.72. The number of nitrogens with zero attached hydrogens (tertiary/aromatic N) is 1. The number of aromatic amines is 1. The predicted octanol–water partition coefficient (Wildman–Crippen LogP) is 3.89. The molecule has 0 fully saturated rings. The minimum atomic E-state index is -0.635. The van der Waals surface area contributed by atoms with Crippen molar-refractivity contribution in [2.75, 3.05) is 0 Å². The lowest BCUT2D eigenvalue weighted by Crippen LogP contribution is -2.10. The van der Waals surface area contributed by atoms with E-state index in [4.69, 9.17) is 11.6 Å². The number of nitrogens with one attached hydrogen (secondary N) is 1. The van der Waals surface area contributed by atoms with Gasteiger partial charge in [0.1, 0.15) is 11.6 Å². The fraction of sp³-hybridized carbons (Fsp3) is 0. The zero-order chi connectivity index (χ0) is 14.8. The van der Waals surface area contributed by atoms with Gasteiger partial charge >= 0.3 is 0 Å². The molecule has 0 amide bonds. The summed E-state index contributed by atoms with van der Waals surface area (Å²) in [7, 11) is 0. The van der Waals surface area contributed by atoms with Crippen molar-refractivity contribution in [1.82, 2.24) is 9.97 Å². The molecule has 0 aliphatic rings. The molecule has 3 aromatic rings. The Morgan fingerprint density at radius 2 is 1.90 bits per heavy atom. The van der Waals surface area contributed by atoms with Gasteiger partial charge in [-0.15, -0.1) is 0 Å². The maximum atomic E-state index is 13.4. The number of hydrogen-bond acceptors (Lipinski definition) is 2. The van der Waals surface area contributed by atoms with Crippen LogP contribution in [0.5, 0.6) is 0 Å². The minimum absolute atomic E-state index is 0.0569. The van der Waals surface area contributed by atoms with Gasteiger partial charge in [-0.2, -0.15) is 0 Å². The second kappa shape index (κ2) is 5.50. The van der Waals surface area contributed by atoms with Gasteiger partial charge in [-0.1, -0.05) is 48.0 Å². The standard InChI is InChI=1S/C16H10ClFN2O/c17-12-9-14-11(8-13(12)18)16(21)20-15(19-14)7-6-10-4-2-1-3-5-10/h1-9H,(H,19,20,21)/b7-6+. The van der Waals surface area contributed by atoms with Crippen LogP contribution in [0.3, 0.4) is 0 Å². The number of H-pyrrole nitrogens is 1. The van der Waals surface area contributed by atoms with Crippen LogP contribution in [0.25, 0.3) is 23.1 Å². The van der Waals surface area contributed by atoms with E-state index >= 15 is 0 Å². The summed E-state index contributed by atoms with van der Waals surface area (Å²) in [5.74, 6) is -0.247. The summed E-state index contributed by atoms with van der Waals surface area (Å²) in [5, 5.41) is 0.118. The molecule has 0 atom stereocenters. The molecule has 0 saturated carbocycles. The SMILES string of the molecule is O=c1[nH]c(/C=C/c2ccccc2)nc2cc(Cl)c(F)cc12. The van der Waals surface area contributed by atoms with Crippen LogP contribution in [0.4, 0.5) is 4.39 Å². The lowest BCUT2D eigenvalue weighted by molar-refractivity contribution is 0.630. The van der Waals surface area contributed by atoms with E-state index in [1.807, 2.05) is 36.4 Å². The maximum absolute atomic E-state index is 13.4. The molecule has 21 heavy (non-hydrogen) atoms. The first-order chi connectivity index (χ1) is 10.1. The molecular weight excluding hydrogens is 291 g/mol. The van der Waals surface area contributed by atoms with E-state index in [0.717, 1.165) is 11.6 Å². The van der Waals surface area contributed by atoms with Crippen LogP contribution < -0.4 is 5.56 Å². The van der Waals surface area contributed by atoms with Crippen molar-refractivity contribution in [3.05, 3.63) is 75.0 Å². The predicted molar refractivity (Wildman–Crippen MR) is 82.7 cm³/mol. The van der Waals surface area contributed by atoms with Crippen molar-refractivity contribution in [1.29, 1.82) is 0 Å². The van der Waals surface area contributed by atoms with Crippen LogP contribution in [-0.4, -0.2) is 9.97 Å². The molecule has 1 aromatic heterocycles. The van der Waals surface area contributed by atoms with Crippen molar-refractivity contribution < 1.29 is 4.39 Å². The number of rotatable bonds is 2. The molecule has 0 aliphatic carbocycles. The van der Waals surface area contributed by atoms with Gasteiger partial charge in [0.25, 0.3) is 5.56 Å². The molecule has 2 aromatic carbocycles. The normalized spacial score (nSPS) is 11.3. The Morgan fingerprint density at radius 3 is 2.67 bits per heavy atom. The smallest absolute Gasteiger partial charge is 0.259 e. The second-order valence-electron chi connectivity index (χ2n) is 4.48. The van der Waals surface area contributed by atoms with Gasteiger partial charge in [0.2, 0.25) is 0 Å². The lowest BCUT2D eigenvalue weighted by atomic mass is 10.2. The molecule has 0 aliphatic heterocycles. The van der Waals surface area contributed by atoms with E-state index < -0.39 is 11.4 Å². The number of benzene rings is 2. The third kappa shape index (κ3) is 2.85. The third-order valence-electron chi connectivity index (χ3n) is 3.00. The Kier molecular flexibility index (Phi) is 3.54. The molecule has 0 spiro atoms. The van der Waals surface area contributed by atoms with Crippen molar-refractivity contribution in [2.45, 2.75) is 0 Å². The van der Waals surface area contributed by atoms with Crippen molar-refractivity contribution in [2.24, 2.45) is 0 Å². The molecule has 104 valence electrons. The summed E-state index contributed by atoms with van der Waals surface area (Å²) in [5.41, 5.74) is 0.943. The molecular formula is C16H10ClFN2O. The Morgan fingerprint density at radius 1 is 1.14 bits per heavy atom. The second-order valence-corrected chi connectivity index (χ2v) is 4.89. The van der Waals surface area contributed by atoms with Crippen molar-refractivity contribution in [3.8, 4) is 0 Å².